The number of amides is 2. The summed E-state index contributed by atoms with van der Waals surface area (Å²) >= 11 is 6.13. The zero-order valence-electron chi connectivity index (χ0n) is 14.9. The van der Waals surface area contributed by atoms with Crippen LogP contribution in [0.2, 0.25) is 5.02 Å². The Balaban J connectivity index is 0.00000261. The third-order valence-corrected chi connectivity index (χ3v) is 5.00. The summed E-state index contributed by atoms with van der Waals surface area (Å²) in [5.41, 5.74) is 8.05. The van der Waals surface area contributed by atoms with E-state index >= 15 is 0 Å². The van der Waals surface area contributed by atoms with Gasteiger partial charge in [-0.3, -0.25) is 9.59 Å². The molecule has 144 valence electrons. The lowest BCUT2D eigenvalue weighted by Gasteiger charge is -2.35. The lowest BCUT2D eigenvalue weighted by Crippen LogP contribution is -2.51. The third kappa shape index (κ3) is 5.22. The number of nitrogens with zero attached hydrogens (tertiary/aromatic N) is 2. The number of nitrogens with two attached hydrogens (primary N) is 1. The standard InChI is InChI=1S/C20H22ClN3O2.ClH/c21-18-7-2-1-5-16(18)13-19(25)23-8-10-24(11-9-23)20(26)17-6-3-4-15(12-17)14-22;/h1-7,12H,8-11,13-14,22H2;1H. The Morgan fingerprint density at radius 2 is 1.63 bits per heavy atom. The van der Waals surface area contributed by atoms with Crippen LogP contribution in [-0.2, 0) is 17.8 Å². The average Bonchev–Trinajstić information content (AvgIpc) is 2.69. The van der Waals surface area contributed by atoms with Gasteiger partial charge >= 0.3 is 0 Å². The fourth-order valence-corrected chi connectivity index (χ4v) is 3.29. The maximum atomic E-state index is 12.6. The zero-order chi connectivity index (χ0) is 18.5. The van der Waals surface area contributed by atoms with Crippen molar-refractivity contribution in [3.8, 4) is 0 Å². The fraction of sp³-hybridized carbons (Fsp3) is 0.300. The third-order valence-electron chi connectivity index (χ3n) is 4.63. The molecule has 0 saturated carbocycles. The van der Waals surface area contributed by atoms with E-state index in [1.165, 1.54) is 0 Å². The van der Waals surface area contributed by atoms with Gasteiger partial charge in [-0.2, -0.15) is 0 Å². The van der Waals surface area contributed by atoms with Gasteiger partial charge in [0.15, 0.2) is 0 Å². The summed E-state index contributed by atoms with van der Waals surface area (Å²) in [6.07, 6.45) is 0.284. The molecule has 0 aromatic heterocycles. The molecule has 0 bridgehead atoms. The minimum Gasteiger partial charge on any atom is -0.339 e. The highest BCUT2D eigenvalue weighted by Crippen LogP contribution is 2.17. The summed E-state index contributed by atoms with van der Waals surface area (Å²) in [6, 6.07) is 14.8. The molecule has 3 rings (SSSR count). The largest absolute Gasteiger partial charge is 0.339 e. The molecule has 1 heterocycles. The molecule has 0 radical (unpaired) electrons. The number of halogens is 2. The van der Waals surface area contributed by atoms with Crippen molar-refractivity contribution in [2.45, 2.75) is 13.0 Å². The molecule has 0 aliphatic carbocycles. The van der Waals surface area contributed by atoms with Crippen molar-refractivity contribution in [3.63, 3.8) is 0 Å². The molecule has 0 unspecified atom stereocenters. The first-order valence-corrected chi connectivity index (χ1v) is 9.05. The highest BCUT2D eigenvalue weighted by molar-refractivity contribution is 6.31. The van der Waals surface area contributed by atoms with Crippen LogP contribution in [0.1, 0.15) is 21.5 Å². The minimum absolute atomic E-state index is 0. The van der Waals surface area contributed by atoms with Crippen molar-refractivity contribution < 1.29 is 9.59 Å². The summed E-state index contributed by atoms with van der Waals surface area (Å²) < 4.78 is 0. The van der Waals surface area contributed by atoms with Gasteiger partial charge in [0.25, 0.3) is 5.91 Å². The first kappa shape index (κ1) is 21.2. The number of carbonyl (C=O) groups excluding carboxylic acids is 2. The van der Waals surface area contributed by atoms with E-state index in [4.69, 9.17) is 17.3 Å². The van der Waals surface area contributed by atoms with Crippen molar-refractivity contribution in [1.82, 2.24) is 9.80 Å². The van der Waals surface area contributed by atoms with Gasteiger partial charge in [-0.05, 0) is 29.3 Å². The van der Waals surface area contributed by atoms with Crippen molar-refractivity contribution in [2.24, 2.45) is 5.73 Å². The molecular formula is C20H23Cl2N3O2. The molecule has 1 aliphatic rings. The topological polar surface area (TPSA) is 66.6 Å². The Labute approximate surface area is 170 Å². The molecule has 2 N–H and O–H groups in total. The first-order chi connectivity index (χ1) is 12.6. The van der Waals surface area contributed by atoms with Gasteiger partial charge in [-0.15, -0.1) is 12.4 Å². The number of rotatable bonds is 4. The highest BCUT2D eigenvalue weighted by atomic mass is 35.5. The number of carbonyl (C=O) groups is 2. The molecule has 7 heteroatoms. The number of piperazine rings is 1. The monoisotopic (exact) mass is 407 g/mol. The van der Waals surface area contributed by atoms with Crippen molar-refractivity contribution in [3.05, 3.63) is 70.2 Å². The van der Waals surface area contributed by atoms with Gasteiger partial charge in [0.2, 0.25) is 5.91 Å². The second-order valence-electron chi connectivity index (χ2n) is 6.35. The molecule has 1 aliphatic heterocycles. The van der Waals surface area contributed by atoms with Crippen molar-refractivity contribution in [2.75, 3.05) is 26.2 Å². The maximum Gasteiger partial charge on any atom is 0.253 e. The number of hydrogen-bond acceptors (Lipinski definition) is 3. The Morgan fingerprint density at radius 1 is 0.963 bits per heavy atom. The van der Waals surface area contributed by atoms with Gasteiger partial charge in [0.05, 0.1) is 6.42 Å². The van der Waals surface area contributed by atoms with E-state index in [2.05, 4.69) is 0 Å². The molecule has 5 nitrogen and oxygen atoms in total. The van der Waals surface area contributed by atoms with Crippen LogP contribution in [0.25, 0.3) is 0 Å². The molecule has 0 atom stereocenters. The van der Waals surface area contributed by atoms with Gasteiger partial charge in [0, 0.05) is 43.3 Å². The summed E-state index contributed by atoms with van der Waals surface area (Å²) in [5, 5.41) is 0.606. The lowest BCUT2D eigenvalue weighted by atomic mass is 10.1. The Hall–Kier alpha value is -2.08. The second-order valence-corrected chi connectivity index (χ2v) is 6.75. The molecule has 2 aromatic rings. The lowest BCUT2D eigenvalue weighted by molar-refractivity contribution is -0.131. The molecule has 0 spiro atoms. The molecule has 2 aromatic carbocycles. The Bertz CT molecular complexity index is 805. The van der Waals surface area contributed by atoms with E-state index < -0.39 is 0 Å². The maximum absolute atomic E-state index is 12.6. The van der Waals surface area contributed by atoms with E-state index in [1.807, 2.05) is 36.4 Å². The van der Waals surface area contributed by atoms with Crippen LogP contribution in [0.5, 0.6) is 0 Å². The zero-order valence-corrected chi connectivity index (χ0v) is 16.5. The van der Waals surface area contributed by atoms with Crippen molar-refractivity contribution >= 4 is 35.8 Å². The van der Waals surface area contributed by atoms with Gasteiger partial charge in [0.1, 0.15) is 0 Å². The van der Waals surface area contributed by atoms with Crippen LogP contribution in [0.3, 0.4) is 0 Å². The van der Waals surface area contributed by atoms with E-state index in [1.54, 1.807) is 21.9 Å². The van der Waals surface area contributed by atoms with E-state index in [0.29, 0.717) is 43.3 Å². The normalized spacial score (nSPS) is 13.9. The average molecular weight is 408 g/mol. The fourth-order valence-electron chi connectivity index (χ4n) is 3.09. The van der Waals surface area contributed by atoms with E-state index in [-0.39, 0.29) is 30.6 Å². The van der Waals surface area contributed by atoms with Crippen LogP contribution in [0.4, 0.5) is 0 Å². The van der Waals surface area contributed by atoms with Crippen molar-refractivity contribution in [1.29, 1.82) is 0 Å². The summed E-state index contributed by atoms with van der Waals surface area (Å²) in [5.74, 6) is 0.0221. The van der Waals surface area contributed by atoms with Crippen LogP contribution >= 0.6 is 24.0 Å². The molecule has 27 heavy (non-hydrogen) atoms. The van der Waals surface area contributed by atoms with Crippen LogP contribution in [0.15, 0.2) is 48.5 Å². The summed E-state index contributed by atoms with van der Waals surface area (Å²) in [7, 11) is 0. The number of hydrogen-bond donors (Lipinski definition) is 1. The predicted octanol–water partition coefficient (Wildman–Crippen LogP) is 2.75. The van der Waals surface area contributed by atoms with Gasteiger partial charge in [-0.1, -0.05) is 41.9 Å². The molecule has 1 fully saturated rings. The van der Waals surface area contributed by atoms with Gasteiger partial charge in [-0.25, -0.2) is 0 Å². The number of benzene rings is 2. The van der Waals surface area contributed by atoms with E-state index in [0.717, 1.165) is 11.1 Å². The minimum atomic E-state index is -0.0153. The first-order valence-electron chi connectivity index (χ1n) is 8.68. The van der Waals surface area contributed by atoms with Crippen LogP contribution in [-0.4, -0.2) is 47.8 Å². The Kier molecular flexibility index (Phi) is 7.66. The second kappa shape index (κ2) is 9.74. The molecule has 1 saturated heterocycles. The smallest absolute Gasteiger partial charge is 0.253 e. The summed E-state index contributed by atoms with van der Waals surface area (Å²) in [4.78, 5) is 28.7. The molecular weight excluding hydrogens is 385 g/mol. The van der Waals surface area contributed by atoms with E-state index in [9.17, 15) is 9.59 Å². The quantitative estimate of drug-likeness (QED) is 0.846. The highest BCUT2D eigenvalue weighted by Gasteiger charge is 2.25. The van der Waals surface area contributed by atoms with Crippen LogP contribution in [0, 0.1) is 0 Å². The van der Waals surface area contributed by atoms with Gasteiger partial charge < -0.3 is 15.5 Å². The summed E-state index contributed by atoms with van der Waals surface area (Å²) in [6.45, 7) is 2.53. The Morgan fingerprint density at radius 3 is 2.30 bits per heavy atom. The predicted molar refractivity (Wildman–Crippen MR) is 109 cm³/mol. The molecule has 2 amide bonds. The van der Waals surface area contributed by atoms with Crippen LogP contribution < -0.4 is 5.73 Å². The SMILES string of the molecule is Cl.NCc1cccc(C(=O)N2CCN(C(=O)Cc3ccccc3Cl)CC2)c1.